The molecule has 0 spiro atoms. The predicted octanol–water partition coefficient (Wildman–Crippen LogP) is 3.30. The van der Waals surface area contributed by atoms with Crippen molar-refractivity contribution in [1.29, 1.82) is 0 Å². The molecule has 1 aliphatic heterocycles. The number of carbonyl (C=O) groups is 1. The minimum absolute atomic E-state index is 0.209. The van der Waals surface area contributed by atoms with Crippen molar-refractivity contribution in [2.24, 2.45) is 0 Å². The highest BCUT2D eigenvalue weighted by atomic mass is 35.5. The summed E-state index contributed by atoms with van der Waals surface area (Å²) in [6, 6.07) is 10.2. The first-order valence-electron chi connectivity index (χ1n) is 8.51. The number of amides is 1. The number of nitrogens with zero attached hydrogens (tertiary/aromatic N) is 2. The van der Waals surface area contributed by atoms with Crippen molar-refractivity contribution in [1.82, 2.24) is 9.21 Å². The van der Waals surface area contributed by atoms with Crippen molar-refractivity contribution in [2.75, 3.05) is 33.3 Å². The van der Waals surface area contributed by atoms with Gasteiger partial charge in [-0.1, -0.05) is 23.7 Å². The average molecular weight is 441 g/mol. The highest BCUT2D eigenvalue weighted by Gasteiger charge is 2.32. The number of methoxy groups -OCH3 is 1. The third-order valence-electron chi connectivity index (χ3n) is 4.61. The lowest BCUT2D eigenvalue weighted by Gasteiger charge is -2.33. The summed E-state index contributed by atoms with van der Waals surface area (Å²) in [6.45, 7) is 0.997. The molecule has 3 aromatic rings. The number of halogens is 1. The molecule has 148 valence electrons. The minimum Gasteiger partial charge on any atom is -0.493 e. The van der Waals surface area contributed by atoms with Crippen molar-refractivity contribution >= 4 is 49.8 Å². The maximum atomic E-state index is 12.8. The molecule has 3 heterocycles. The van der Waals surface area contributed by atoms with Crippen molar-refractivity contribution in [2.45, 2.75) is 4.21 Å². The van der Waals surface area contributed by atoms with Crippen molar-refractivity contribution in [3.8, 4) is 5.75 Å². The molecule has 0 atom stereocenters. The molecular weight excluding hydrogens is 424 g/mol. The van der Waals surface area contributed by atoms with E-state index < -0.39 is 10.0 Å². The van der Waals surface area contributed by atoms with Gasteiger partial charge in [0, 0.05) is 31.6 Å². The van der Waals surface area contributed by atoms with Crippen LogP contribution in [0.4, 0.5) is 0 Å². The van der Waals surface area contributed by atoms with Gasteiger partial charge in [-0.2, -0.15) is 4.31 Å². The summed E-state index contributed by atoms with van der Waals surface area (Å²) in [5.74, 6) is 0.498. The molecule has 28 heavy (non-hydrogen) atoms. The Labute approximate surface area is 171 Å². The molecule has 0 saturated carbocycles. The van der Waals surface area contributed by atoms with E-state index in [-0.39, 0.29) is 42.1 Å². The quantitative estimate of drug-likeness (QED) is 0.621. The molecular formula is C18H17ClN2O5S2. The predicted molar refractivity (Wildman–Crippen MR) is 107 cm³/mol. The lowest BCUT2D eigenvalue weighted by molar-refractivity contribution is 0.0668. The Kier molecular flexibility index (Phi) is 5.09. The van der Waals surface area contributed by atoms with Crippen LogP contribution in [0.15, 0.2) is 45.0 Å². The zero-order valence-electron chi connectivity index (χ0n) is 14.9. The van der Waals surface area contributed by atoms with E-state index in [1.54, 1.807) is 30.2 Å². The van der Waals surface area contributed by atoms with Gasteiger partial charge in [-0.05, 0) is 24.3 Å². The molecule has 0 aliphatic carbocycles. The lowest BCUT2D eigenvalue weighted by atomic mass is 10.2. The van der Waals surface area contributed by atoms with Gasteiger partial charge >= 0.3 is 0 Å². The van der Waals surface area contributed by atoms with E-state index in [2.05, 4.69) is 0 Å². The number of hydrogen-bond acceptors (Lipinski definition) is 6. The second-order valence-corrected chi connectivity index (χ2v) is 10.1. The molecule has 10 heteroatoms. The number of para-hydroxylation sites is 1. The topological polar surface area (TPSA) is 80.1 Å². The van der Waals surface area contributed by atoms with E-state index in [1.807, 2.05) is 12.1 Å². The number of rotatable bonds is 4. The molecule has 0 unspecified atom stereocenters. The third kappa shape index (κ3) is 3.39. The lowest BCUT2D eigenvalue weighted by Crippen LogP contribution is -2.50. The first-order chi connectivity index (χ1) is 13.4. The van der Waals surface area contributed by atoms with Gasteiger partial charge in [0.15, 0.2) is 17.1 Å². The van der Waals surface area contributed by atoms with E-state index in [0.29, 0.717) is 15.7 Å². The summed E-state index contributed by atoms with van der Waals surface area (Å²) in [5.41, 5.74) is 0.518. The van der Waals surface area contributed by atoms with Gasteiger partial charge in [0.05, 0.1) is 11.4 Å². The molecule has 1 saturated heterocycles. The monoisotopic (exact) mass is 440 g/mol. The first kappa shape index (κ1) is 19.3. The number of benzene rings is 1. The maximum absolute atomic E-state index is 12.8. The number of carbonyl (C=O) groups excluding carboxylic acids is 1. The highest BCUT2D eigenvalue weighted by molar-refractivity contribution is 7.91. The summed E-state index contributed by atoms with van der Waals surface area (Å²) in [6.07, 6.45) is 0. The van der Waals surface area contributed by atoms with E-state index in [1.165, 1.54) is 10.4 Å². The molecule has 0 bridgehead atoms. The highest BCUT2D eigenvalue weighted by Crippen LogP contribution is 2.30. The van der Waals surface area contributed by atoms with Crippen LogP contribution in [-0.4, -0.2) is 56.8 Å². The molecule has 0 N–H and O–H groups in total. The average Bonchev–Trinajstić information content (AvgIpc) is 3.33. The van der Waals surface area contributed by atoms with Gasteiger partial charge in [0.25, 0.3) is 15.9 Å². The fourth-order valence-electron chi connectivity index (χ4n) is 3.15. The molecule has 7 nitrogen and oxygen atoms in total. The molecule has 1 fully saturated rings. The van der Waals surface area contributed by atoms with Crippen LogP contribution in [0, 0.1) is 0 Å². The molecule has 1 aliphatic rings. The van der Waals surface area contributed by atoms with E-state index in [0.717, 1.165) is 16.7 Å². The van der Waals surface area contributed by atoms with Crippen LogP contribution >= 0.6 is 22.9 Å². The van der Waals surface area contributed by atoms with Gasteiger partial charge in [0.2, 0.25) is 0 Å². The van der Waals surface area contributed by atoms with Crippen molar-refractivity contribution in [3.05, 3.63) is 46.5 Å². The van der Waals surface area contributed by atoms with Crippen molar-refractivity contribution in [3.63, 3.8) is 0 Å². The van der Waals surface area contributed by atoms with Gasteiger partial charge < -0.3 is 14.1 Å². The minimum atomic E-state index is -3.60. The number of sulfonamides is 1. The summed E-state index contributed by atoms with van der Waals surface area (Å²) in [5, 5.41) is 0.776. The molecule has 0 radical (unpaired) electrons. The zero-order valence-corrected chi connectivity index (χ0v) is 17.3. The third-order valence-corrected chi connectivity index (χ3v) is 8.20. The Balaban J connectivity index is 1.49. The Bertz CT molecular complexity index is 1130. The number of ether oxygens (including phenoxy) is 1. The number of thiophene rings is 1. The van der Waals surface area contributed by atoms with E-state index in [4.69, 9.17) is 20.8 Å². The van der Waals surface area contributed by atoms with Crippen LogP contribution in [0.2, 0.25) is 4.34 Å². The maximum Gasteiger partial charge on any atom is 0.289 e. The normalized spacial score (nSPS) is 15.9. The molecule has 2 aromatic heterocycles. The van der Waals surface area contributed by atoms with Crippen molar-refractivity contribution < 1.29 is 22.4 Å². The summed E-state index contributed by atoms with van der Waals surface area (Å²) >= 11 is 6.88. The second-order valence-electron chi connectivity index (χ2n) is 6.24. The van der Waals surface area contributed by atoms with E-state index >= 15 is 0 Å². The summed E-state index contributed by atoms with van der Waals surface area (Å²) in [4.78, 5) is 14.4. The van der Waals surface area contributed by atoms with Gasteiger partial charge in [-0.3, -0.25) is 4.79 Å². The Morgan fingerprint density at radius 1 is 1.18 bits per heavy atom. The molecule has 1 amide bonds. The van der Waals surface area contributed by atoms with Crippen LogP contribution in [0.25, 0.3) is 11.0 Å². The fraction of sp³-hybridized carbons (Fsp3) is 0.278. The van der Waals surface area contributed by atoms with Crippen LogP contribution in [0.1, 0.15) is 10.6 Å². The molecule has 4 rings (SSSR count). The second kappa shape index (κ2) is 7.40. The largest absolute Gasteiger partial charge is 0.493 e. The van der Waals surface area contributed by atoms with Gasteiger partial charge in [-0.25, -0.2) is 8.42 Å². The molecule has 1 aromatic carbocycles. The number of fused-ring (bicyclic) bond motifs is 1. The summed E-state index contributed by atoms with van der Waals surface area (Å²) in [7, 11) is -2.05. The van der Waals surface area contributed by atoms with Gasteiger partial charge in [-0.15, -0.1) is 11.3 Å². The fourth-order valence-corrected chi connectivity index (χ4v) is 6.21. The van der Waals surface area contributed by atoms with Crippen LogP contribution in [0.3, 0.4) is 0 Å². The van der Waals surface area contributed by atoms with Gasteiger partial charge in [0.1, 0.15) is 4.21 Å². The van der Waals surface area contributed by atoms with E-state index in [9.17, 15) is 13.2 Å². The Morgan fingerprint density at radius 2 is 1.93 bits per heavy atom. The van der Waals surface area contributed by atoms with Crippen LogP contribution in [-0.2, 0) is 10.0 Å². The number of furan rings is 1. The Morgan fingerprint density at radius 3 is 2.57 bits per heavy atom. The smallest absolute Gasteiger partial charge is 0.289 e. The van der Waals surface area contributed by atoms with Crippen LogP contribution < -0.4 is 4.74 Å². The zero-order chi connectivity index (χ0) is 19.9. The summed E-state index contributed by atoms with van der Waals surface area (Å²) < 4.78 is 38.3. The van der Waals surface area contributed by atoms with Crippen LogP contribution in [0.5, 0.6) is 5.75 Å². The standard InChI is InChI=1S/C18H17ClN2O5S2/c1-25-13-4-2-3-12-11-14(26-17(12)13)18(22)20-7-9-21(10-8-20)28(23,24)16-6-5-15(19)27-16/h2-6,11H,7-10H2,1H3. The first-order valence-corrected chi connectivity index (χ1v) is 11.1. The number of piperazine rings is 1. The number of hydrogen-bond donors (Lipinski definition) is 0. The Hall–Kier alpha value is -2.07. The SMILES string of the molecule is COc1cccc2cc(C(=O)N3CCN(S(=O)(=O)c4ccc(Cl)s4)CC3)oc12.